The first-order chi connectivity index (χ1) is 11.0. The van der Waals surface area contributed by atoms with Crippen LogP contribution in [0.1, 0.15) is 11.1 Å². The van der Waals surface area contributed by atoms with Crippen LogP contribution >= 0.6 is 34.8 Å². The van der Waals surface area contributed by atoms with Crippen LogP contribution in [-0.2, 0) is 0 Å². The van der Waals surface area contributed by atoms with Gasteiger partial charge < -0.3 is 0 Å². The third kappa shape index (κ3) is 3.58. The van der Waals surface area contributed by atoms with Crippen LogP contribution in [0.3, 0.4) is 0 Å². The van der Waals surface area contributed by atoms with Gasteiger partial charge in [-0.3, -0.25) is 5.43 Å². The Morgan fingerprint density at radius 1 is 1.04 bits per heavy atom. The number of hydrogen-bond donors (Lipinski definition) is 1. The zero-order chi connectivity index (χ0) is 16.4. The van der Waals surface area contributed by atoms with Crippen LogP contribution in [-0.4, -0.2) is 11.2 Å². The molecule has 3 nitrogen and oxygen atoms in total. The van der Waals surface area contributed by atoms with Gasteiger partial charge in [0, 0.05) is 16.0 Å². The topological polar surface area (TPSA) is 37.3 Å². The zero-order valence-corrected chi connectivity index (χ0v) is 14.4. The Morgan fingerprint density at radius 2 is 1.78 bits per heavy atom. The summed E-state index contributed by atoms with van der Waals surface area (Å²) in [5.41, 5.74) is 5.47. The molecule has 0 aliphatic carbocycles. The number of pyridine rings is 1. The minimum atomic E-state index is 0.542. The largest absolute Gasteiger partial charge is 0.261 e. The summed E-state index contributed by atoms with van der Waals surface area (Å²) in [7, 11) is 0. The summed E-state index contributed by atoms with van der Waals surface area (Å²) in [5.74, 6) is 0.636. The molecule has 0 bridgehead atoms. The highest BCUT2D eigenvalue weighted by atomic mass is 35.5. The molecule has 0 fully saturated rings. The van der Waals surface area contributed by atoms with Gasteiger partial charge in [0.05, 0.1) is 21.8 Å². The molecule has 0 saturated carbocycles. The predicted octanol–water partition coefficient (Wildman–Crippen LogP) is 5.95. The number of fused-ring (bicyclic) bond motifs is 1. The van der Waals surface area contributed by atoms with E-state index >= 15 is 0 Å². The predicted molar refractivity (Wildman–Crippen MR) is 99.2 cm³/mol. The summed E-state index contributed by atoms with van der Waals surface area (Å²) in [6.07, 6.45) is 1.58. The van der Waals surface area contributed by atoms with Gasteiger partial charge in [0.15, 0.2) is 0 Å². The van der Waals surface area contributed by atoms with Gasteiger partial charge in [0.25, 0.3) is 0 Å². The van der Waals surface area contributed by atoms with Gasteiger partial charge in [0.1, 0.15) is 5.82 Å². The van der Waals surface area contributed by atoms with Gasteiger partial charge in [-0.1, -0.05) is 40.9 Å². The van der Waals surface area contributed by atoms with Crippen molar-refractivity contribution in [3.63, 3.8) is 0 Å². The molecule has 6 heteroatoms. The normalized spacial score (nSPS) is 11.3. The Morgan fingerprint density at radius 3 is 2.52 bits per heavy atom. The molecule has 0 spiro atoms. The van der Waals surface area contributed by atoms with E-state index in [2.05, 4.69) is 15.5 Å². The molecule has 1 N–H and O–H groups in total. The first kappa shape index (κ1) is 16.1. The Balaban J connectivity index is 1.87. The summed E-state index contributed by atoms with van der Waals surface area (Å²) in [4.78, 5) is 4.50. The smallest absolute Gasteiger partial charge is 0.147 e. The highest BCUT2D eigenvalue weighted by Gasteiger charge is 2.04. The number of nitrogens with one attached hydrogen (secondary N) is 1. The van der Waals surface area contributed by atoms with E-state index in [1.54, 1.807) is 24.4 Å². The maximum absolute atomic E-state index is 6.10. The molecule has 0 radical (unpaired) electrons. The Labute approximate surface area is 148 Å². The lowest BCUT2D eigenvalue weighted by Gasteiger charge is -2.06. The minimum absolute atomic E-state index is 0.542. The summed E-state index contributed by atoms with van der Waals surface area (Å²) in [6.45, 7) is 2.00. The second-order valence-corrected chi connectivity index (χ2v) is 6.24. The van der Waals surface area contributed by atoms with E-state index in [0.29, 0.717) is 26.4 Å². The van der Waals surface area contributed by atoms with Crippen molar-refractivity contribution in [2.45, 2.75) is 6.92 Å². The van der Waals surface area contributed by atoms with Crippen molar-refractivity contribution < 1.29 is 0 Å². The molecule has 1 heterocycles. The molecular formula is C17H12Cl3N3. The molecule has 0 amide bonds. The maximum Gasteiger partial charge on any atom is 0.147 e. The van der Waals surface area contributed by atoms with Crippen LogP contribution in [0.2, 0.25) is 15.1 Å². The van der Waals surface area contributed by atoms with Gasteiger partial charge in [-0.2, -0.15) is 5.10 Å². The van der Waals surface area contributed by atoms with Crippen molar-refractivity contribution in [3.8, 4) is 0 Å². The number of benzene rings is 2. The quantitative estimate of drug-likeness (QED) is 0.460. The fourth-order valence-corrected chi connectivity index (χ4v) is 2.89. The number of aryl methyl sites for hydroxylation is 1. The number of anilines is 1. The second-order valence-electron chi connectivity index (χ2n) is 4.99. The SMILES string of the molecule is Cc1cc(N/N=C/c2c(Cl)cccc2Cl)nc2ccc(Cl)cc12. The summed E-state index contributed by atoms with van der Waals surface area (Å²) < 4.78 is 0. The van der Waals surface area contributed by atoms with Crippen molar-refractivity contribution >= 4 is 57.7 Å². The molecule has 0 aliphatic heterocycles. The number of hydrogen-bond acceptors (Lipinski definition) is 3. The number of halogens is 3. The van der Waals surface area contributed by atoms with Crippen LogP contribution < -0.4 is 5.43 Å². The molecule has 0 unspecified atom stereocenters. The van der Waals surface area contributed by atoms with Crippen LogP contribution in [0.5, 0.6) is 0 Å². The maximum atomic E-state index is 6.10. The third-order valence-electron chi connectivity index (χ3n) is 3.35. The lowest BCUT2D eigenvalue weighted by atomic mass is 10.1. The molecule has 2 aromatic carbocycles. The molecular weight excluding hydrogens is 353 g/mol. The van der Waals surface area contributed by atoms with Gasteiger partial charge >= 0.3 is 0 Å². The van der Waals surface area contributed by atoms with Crippen molar-refractivity contribution in [1.29, 1.82) is 0 Å². The molecule has 0 aliphatic rings. The molecule has 3 aromatic rings. The van der Waals surface area contributed by atoms with Gasteiger partial charge in [-0.25, -0.2) is 4.98 Å². The van der Waals surface area contributed by atoms with Gasteiger partial charge in [0.2, 0.25) is 0 Å². The van der Waals surface area contributed by atoms with E-state index in [1.165, 1.54) is 0 Å². The highest BCUT2D eigenvalue weighted by Crippen LogP contribution is 2.24. The van der Waals surface area contributed by atoms with E-state index < -0.39 is 0 Å². The average Bonchev–Trinajstić information content (AvgIpc) is 2.51. The van der Waals surface area contributed by atoms with Crippen LogP contribution in [0.15, 0.2) is 47.6 Å². The summed E-state index contributed by atoms with van der Waals surface area (Å²) in [5, 5.41) is 6.95. The van der Waals surface area contributed by atoms with E-state index in [-0.39, 0.29) is 0 Å². The Bertz CT molecular complexity index is 887. The van der Waals surface area contributed by atoms with E-state index in [1.807, 2.05) is 31.2 Å². The molecule has 116 valence electrons. The van der Waals surface area contributed by atoms with Crippen molar-refractivity contribution in [2.24, 2.45) is 5.10 Å². The van der Waals surface area contributed by atoms with Gasteiger partial charge in [-0.15, -0.1) is 0 Å². The van der Waals surface area contributed by atoms with Crippen LogP contribution in [0, 0.1) is 6.92 Å². The Hall–Kier alpha value is -1.81. The van der Waals surface area contributed by atoms with Crippen LogP contribution in [0.4, 0.5) is 5.82 Å². The van der Waals surface area contributed by atoms with Crippen molar-refractivity contribution in [2.75, 3.05) is 5.43 Å². The lowest BCUT2D eigenvalue weighted by molar-refractivity contribution is 1.25. The number of aromatic nitrogens is 1. The summed E-state index contributed by atoms with van der Waals surface area (Å²) in [6, 6.07) is 12.8. The molecule has 1 aromatic heterocycles. The molecule has 0 saturated heterocycles. The fraction of sp³-hybridized carbons (Fsp3) is 0.0588. The zero-order valence-electron chi connectivity index (χ0n) is 12.1. The first-order valence-electron chi connectivity index (χ1n) is 6.84. The standard InChI is InChI=1S/C17H12Cl3N3/c1-10-7-17(22-16-6-5-11(18)8-12(10)16)23-21-9-13-14(19)3-2-4-15(13)20/h2-9H,1H3,(H,22,23)/b21-9+. The van der Waals surface area contributed by atoms with Crippen molar-refractivity contribution in [3.05, 3.63) is 68.7 Å². The molecule has 23 heavy (non-hydrogen) atoms. The van der Waals surface area contributed by atoms with Crippen LogP contribution in [0.25, 0.3) is 10.9 Å². The van der Waals surface area contributed by atoms with Gasteiger partial charge in [-0.05, 0) is 48.9 Å². The highest BCUT2D eigenvalue weighted by molar-refractivity contribution is 6.38. The number of nitrogens with zero attached hydrogens (tertiary/aromatic N) is 2. The monoisotopic (exact) mass is 363 g/mol. The summed E-state index contributed by atoms with van der Waals surface area (Å²) >= 11 is 18.2. The molecule has 0 atom stereocenters. The average molecular weight is 365 g/mol. The number of rotatable bonds is 3. The second kappa shape index (κ2) is 6.75. The Kier molecular flexibility index (Phi) is 4.71. The van der Waals surface area contributed by atoms with E-state index in [9.17, 15) is 0 Å². The fourth-order valence-electron chi connectivity index (χ4n) is 2.22. The van der Waals surface area contributed by atoms with E-state index in [4.69, 9.17) is 34.8 Å². The van der Waals surface area contributed by atoms with Crippen molar-refractivity contribution in [1.82, 2.24) is 4.98 Å². The number of hydrazone groups is 1. The lowest BCUT2D eigenvalue weighted by Crippen LogP contribution is -1.96. The first-order valence-corrected chi connectivity index (χ1v) is 7.98. The minimum Gasteiger partial charge on any atom is -0.261 e. The third-order valence-corrected chi connectivity index (χ3v) is 4.24. The van der Waals surface area contributed by atoms with E-state index in [0.717, 1.165) is 16.5 Å². The molecule has 3 rings (SSSR count).